The molecule has 0 unspecified atom stereocenters. The van der Waals surface area contributed by atoms with Gasteiger partial charge in [0.15, 0.2) is 0 Å². The van der Waals surface area contributed by atoms with Gasteiger partial charge in [-0.15, -0.1) is 11.8 Å². The smallest absolute Gasteiger partial charge is 0.290 e. The highest BCUT2D eigenvalue weighted by Gasteiger charge is 2.46. The van der Waals surface area contributed by atoms with Crippen LogP contribution in [0.15, 0.2) is 53.6 Å². The van der Waals surface area contributed by atoms with Crippen molar-refractivity contribution in [1.82, 2.24) is 14.8 Å². The molecule has 2 aromatic rings. The fraction of sp³-hybridized carbons (Fsp3) is 0.458. The lowest BCUT2D eigenvalue weighted by Crippen LogP contribution is -2.64. The molecule has 0 bridgehead atoms. The summed E-state index contributed by atoms with van der Waals surface area (Å²) in [6.07, 6.45) is 2.77. The number of piperazine rings is 1. The summed E-state index contributed by atoms with van der Waals surface area (Å²) < 4.78 is 0. The monoisotopic (exact) mass is 490 g/mol. The van der Waals surface area contributed by atoms with Crippen molar-refractivity contribution in [1.29, 1.82) is 0 Å². The fourth-order valence-electron chi connectivity index (χ4n) is 4.44. The Morgan fingerprint density at radius 3 is 2.18 bits per heavy atom. The minimum atomic E-state index is -0.829. The van der Waals surface area contributed by atoms with E-state index >= 15 is 0 Å². The standard InChI is InChI=1S/C22H30N4OS.2CH2O2/c1-24-13-15-25(16-14-24)19-17-26(20-9-6-10-21(23-20)28-2)12-11-22(19,27)18-7-4-3-5-8-18;2*2-1-3/h3-10,19,27H,11-17H2,1-2H3;2*1H,(H,2,3)/t19-,22+;;/m1../s1. The van der Waals surface area contributed by atoms with Crippen LogP contribution in [-0.4, -0.2) is 102 Å². The number of hydrogen-bond acceptors (Lipinski definition) is 8. The van der Waals surface area contributed by atoms with Crippen molar-refractivity contribution in [2.75, 3.05) is 57.5 Å². The van der Waals surface area contributed by atoms with Crippen LogP contribution in [0.5, 0.6) is 0 Å². The Morgan fingerprint density at radius 2 is 1.59 bits per heavy atom. The van der Waals surface area contributed by atoms with E-state index < -0.39 is 5.60 Å². The summed E-state index contributed by atoms with van der Waals surface area (Å²) in [5, 5.41) is 26.7. The first-order chi connectivity index (χ1) is 16.4. The Kier molecular flexibility index (Phi) is 11.3. The average Bonchev–Trinajstić information content (AvgIpc) is 2.86. The molecule has 9 nitrogen and oxygen atoms in total. The first kappa shape index (κ1) is 27.6. The van der Waals surface area contributed by atoms with Crippen LogP contribution >= 0.6 is 11.8 Å². The second kappa shape index (κ2) is 13.9. The molecule has 2 fully saturated rings. The molecule has 0 amide bonds. The number of piperidine rings is 1. The molecule has 2 aliphatic heterocycles. The van der Waals surface area contributed by atoms with Crippen LogP contribution in [0.4, 0.5) is 5.82 Å². The van der Waals surface area contributed by atoms with Crippen LogP contribution < -0.4 is 4.90 Å². The van der Waals surface area contributed by atoms with E-state index in [1.807, 2.05) is 18.2 Å². The lowest BCUT2D eigenvalue weighted by molar-refractivity contribution is -0.123. The SMILES string of the molecule is CSc1cccc(N2CC[C@](O)(c3ccccc3)[C@H](N3CCN(C)CC3)C2)n1.O=CO.O=CO. The van der Waals surface area contributed by atoms with E-state index in [4.69, 9.17) is 24.8 Å². The third-order valence-corrected chi connectivity index (χ3v) is 6.85. The third-order valence-electron chi connectivity index (χ3n) is 6.20. The maximum Gasteiger partial charge on any atom is 0.290 e. The minimum Gasteiger partial charge on any atom is -0.483 e. The molecular formula is C24H34N4O5S. The molecule has 2 saturated heterocycles. The molecule has 4 rings (SSSR count). The number of rotatable bonds is 4. The summed E-state index contributed by atoms with van der Waals surface area (Å²) in [5.41, 5.74) is 0.203. The Bertz CT molecular complexity index is 877. The molecule has 34 heavy (non-hydrogen) atoms. The van der Waals surface area contributed by atoms with Gasteiger partial charge in [-0.1, -0.05) is 36.4 Å². The largest absolute Gasteiger partial charge is 0.483 e. The number of anilines is 1. The molecule has 0 radical (unpaired) electrons. The van der Waals surface area contributed by atoms with Crippen molar-refractivity contribution in [3.05, 3.63) is 54.1 Å². The van der Waals surface area contributed by atoms with Crippen molar-refractivity contribution >= 4 is 30.5 Å². The Morgan fingerprint density at radius 1 is 0.971 bits per heavy atom. The number of carboxylic acid groups (broad SMARTS) is 2. The minimum absolute atomic E-state index is 0.0529. The molecule has 0 aliphatic carbocycles. The molecule has 10 heteroatoms. The molecule has 0 spiro atoms. The second-order valence-electron chi connectivity index (χ2n) is 8.09. The van der Waals surface area contributed by atoms with E-state index in [1.165, 1.54) is 0 Å². The number of pyridine rings is 1. The summed E-state index contributed by atoms with van der Waals surface area (Å²) in [7, 11) is 2.17. The summed E-state index contributed by atoms with van der Waals surface area (Å²) in [5.74, 6) is 1.01. The van der Waals surface area contributed by atoms with E-state index in [0.29, 0.717) is 6.42 Å². The highest BCUT2D eigenvalue weighted by molar-refractivity contribution is 7.98. The van der Waals surface area contributed by atoms with Gasteiger partial charge in [0.2, 0.25) is 0 Å². The van der Waals surface area contributed by atoms with Crippen LogP contribution in [0.3, 0.4) is 0 Å². The van der Waals surface area contributed by atoms with Crippen molar-refractivity contribution in [2.45, 2.75) is 23.1 Å². The van der Waals surface area contributed by atoms with E-state index in [-0.39, 0.29) is 19.0 Å². The quantitative estimate of drug-likeness (QED) is 0.433. The van der Waals surface area contributed by atoms with E-state index in [1.54, 1.807) is 11.8 Å². The first-order valence-electron chi connectivity index (χ1n) is 11.1. The van der Waals surface area contributed by atoms with Gasteiger partial charge in [-0.05, 0) is 37.4 Å². The van der Waals surface area contributed by atoms with Crippen LogP contribution in [-0.2, 0) is 15.2 Å². The van der Waals surface area contributed by atoms with Crippen molar-refractivity contribution < 1.29 is 24.9 Å². The Balaban J connectivity index is 0.000000618. The molecule has 3 heterocycles. The molecule has 186 valence electrons. The maximum atomic E-state index is 11.9. The van der Waals surface area contributed by atoms with Gasteiger partial charge in [0.25, 0.3) is 12.9 Å². The second-order valence-corrected chi connectivity index (χ2v) is 8.92. The zero-order chi connectivity index (χ0) is 25.0. The molecule has 0 saturated carbocycles. The molecular weight excluding hydrogens is 456 g/mol. The lowest BCUT2D eigenvalue weighted by atomic mass is 9.79. The van der Waals surface area contributed by atoms with Gasteiger partial charge in [0.05, 0.1) is 11.1 Å². The van der Waals surface area contributed by atoms with Crippen molar-refractivity contribution in [3.8, 4) is 0 Å². The number of benzene rings is 1. The van der Waals surface area contributed by atoms with Crippen LogP contribution in [0, 0.1) is 0 Å². The van der Waals surface area contributed by atoms with E-state index in [0.717, 1.165) is 55.7 Å². The van der Waals surface area contributed by atoms with Gasteiger partial charge in [0.1, 0.15) is 11.4 Å². The number of hydrogen-bond donors (Lipinski definition) is 3. The first-order valence-corrected chi connectivity index (χ1v) is 12.3. The van der Waals surface area contributed by atoms with Gasteiger partial charge < -0.3 is 25.1 Å². The number of thioether (sulfide) groups is 1. The molecule has 2 atom stereocenters. The van der Waals surface area contributed by atoms with Gasteiger partial charge in [-0.2, -0.15) is 0 Å². The Hall–Kier alpha value is -2.66. The van der Waals surface area contributed by atoms with E-state index in [9.17, 15) is 5.11 Å². The molecule has 1 aromatic carbocycles. The van der Waals surface area contributed by atoms with Gasteiger partial charge >= 0.3 is 0 Å². The topological polar surface area (TPSA) is 117 Å². The average molecular weight is 491 g/mol. The summed E-state index contributed by atoms with van der Waals surface area (Å²) in [6.45, 7) is 5.16. The Labute approximate surface area is 205 Å². The number of carbonyl (C=O) groups is 2. The number of likely N-dealkylation sites (N-methyl/N-ethyl adjacent to an activating group) is 1. The zero-order valence-electron chi connectivity index (χ0n) is 19.7. The fourth-order valence-corrected chi connectivity index (χ4v) is 4.84. The normalized spacial score (nSPS) is 23.0. The third kappa shape index (κ3) is 7.17. The van der Waals surface area contributed by atoms with Crippen molar-refractivity contribution in [2.24, 2.45) is 0 Å². The maximum absolute atomic E-state index is 11.9. The summed E-state index contributed by atoms with van der Waals surface area (Å²) in [6, 6.07) is 16.5. The van der Waals surface area contributed by atoms with E-state index in [2.05, 4.69) is 58.3 Å². The van der Waals surface area contributed by atoms with Gasteiger partial charge in [-0.3, -0.25) is 14.5 Å². The van der Waals surface area contributed by atoms with Gasteiger partial charge in [0, 0.05) is 39.3 Å². The molecule has 1 aromatic heterocycles. The molecule has 2 aliphatic rings. The highest BCUT2D eigenvalue weighted by atomic mass is 32.2. The van der Waals surface area contributed by atoms with Crippen molar-refractivity contribution in [3.63, 3.8) is 0 Å². The lowest BCUT2D eigenvalue weighted by Gasteiger charge is -2.51. The van der Waals surface area contributed by atoms with Crippen LogP contribution in [0.1, 0.15) is 12.0 Å². The summed E-state index contributed by atoms with van der Waals surface area (Å²) in [4.78, 5) is 28.7. The predicted molar refractivity (Wildman–Crippen MR) is 133 cm³/mol. The number of nitrogens with zero attached hydrogens (tertiary/aromatic N) is 4. The van der Waals surface area contributed by atoms with Gasteiger partial charge in [-0.25, -0.2) is 4.98 Å². The highest BCUT2D eigenvalue weighted by Crippen LogP contribution is 2.37. The number of aliphatic hydroxyl groups is 1. The van der Waals surface area contributed by atoms with Crippen LogP contribution in [0.2, 0.25) is 0 Å². The number of aromatic nitrogens is 1. The predicted octanol–water partition coefficient (Wildman–Crippen LogP) is 1.92. The van der Waals surface area contributed by atoms with Crippen LogP contribution in [0.25, 0.3) is 0 Å². The molecule has 3 N–H and O–H groups in total. The zero-order valence-corrected chi connectivity index (χ0v) is 20.5. The summed E-state index contributed by atoms with van der Waals surface area (Å²) >= 11 is 1.67.